The Balaban J connectivity index is 0.00000533. The molecule has 16 nitrogen and oxygen atoms in total. The molecule has 0 spiro atoms. The van der Waals surface area contributed by atoms with Crippen molar-refractivity contribution in [1.29, 1.82) is 0 Å². The summed E-state index contributed by atoms with van der Waals surface area (Å²) in [6.07, 6.45) is 0. The van der Waals surface area contributed by atoms with Crippen molar-refractivity contribution in [2.45, 2.75) is 21.6 Å². The second-order valence-corrected chi connectivity index (χ2v) is 11.7. The van der Waals surface area contributed by atoms with Crippen LogP contribution in [0.15, 0.2) is 57.2 Å². The molecular formula is C19H18N3Na3O13S3. The van der Waals surface area contributed by atoms with E-state index < -0.39 is 89.5 Å². The van der Waals surface area contributed by atoms with Crippen LogP contribution in [0.1, 0.15) is 17.3 Å². The van der Waals surface area contributed by atoms with Crippen molar-refractivity contribution in [3.8, 4) is 0 Å². The molecule has 0 aliphatic carbocycles. The fourth-order valence-electron chi connectivity index (χ4n) is 3.37. The van der Waals surface area contributed by atoms with Crippen LogP contribution in [0.2, 0.25) is 0 Å². The number of benzene rings is 3. The average molecular weight is 662 g/mol. The first kappa shape index (κ1) is 40.0. The van der Waals surface area contributed by atoms with Gasteiger partial charge in [-0.2, -0.15) is 25.3 Å². The van der Waals surface area contributed by atoms with Crippen molar-refractivity contribution in [2.24, 2.45) is 0 Å². The van der Waals surface area contributed by atoms with Gasteiger partial charge in [0, 0.05) is 29.8 Å². The van der Waals surface area contributed by atoms with Crippen LogP contribution in [-0.4, -0.2) is 144 Å². The third kappa shape index (κ3) is 9.49. The summed E-state index contributed by atoms with van der Waals surface area (Å²) in [4.78, 5) is 31.6. The normalized spacial score (nSPS) is 11.3. The van der Waals surface area contributed by atoms with Crippen LogP contribution >= 0.6 is 0 Å². The topological polar surface area (TPSA) is 264 Å². The number of fused-ring (bicyclic) bond motifs is 1. The number of hydrogen-bond acceptors (Lipinski definition) is 10. The van der Waals surface area contributed by atoms with E-state index in [0.717, 1.165) is 25.1 Å². The average Bonchev–Trinajstić information content (AvgIpc) is 2.77. The van der Waals surface area contributed by atoms with E-state index in [4.69, 9.17) is 0 Å². The fraction of sp³-hybridized carbons (Fsp3) is 0.0526. The second-order valence-electron chi connectivity index (χ2n) is 7.50. The van der Waals surface area contributed by atoms with Gasteiger partial charge in [-0.3, -0.25) is 33.4 Å². The number of carbonyl (C=O) groups excluding carboxylic acids is 2. The minimum absolute atomic E-state index is 0. The Labute approximate surface area is 298 Å². The van der Waals surface area contributed by atoms with E-state index in [0.29, 0.717) is 24.3 Å². The molecule has 2 amide bonds. The molecule has 0 atom stereocenters. The summed E-state index contributed by atoms with van der Waals surface area (Å²) in [6, 6.07) is 5.04. The first-order chi connectivity index (χ1) is 17.3. The van der Waals surface area contributed by atoms with Crippen molar-refractivity contribution in [3.63, 3.8) is 0 Å². The van der Waals surface area contributed by atoms with Gasteiger partial charge in [-0.1, -0.05) is 6.07 Å². The van der Waals surface area contributed by atoms with Gasteiger partial charge in [-0.05, 0) is 24.3 Å². The molecule has 0 saturated carbocycles. The first-order valence-electron chi connectivity index (χ1n) is 9.71. The quantitative estimate of drug-likeness (QED) is 0.0948. The zero-order valence-corrected chi connectivity index (χ0v) is 21.1. The van der Waals surface area contributed by atoms with Crippen molar-refractivity contribution in [2.75, 3.05) is 10.6 Å². The monoisotopic (exact) mass is 661 g/mol. The molecule has 0 radical (unpaired) electrons. The predicted octanol–water partition coefficient (Wildman–Crippen LogP) is -0.247. The van der Waals surface area contributed by atoms with Crippen molar-refractivity contribution >= 4 is 159 Å². The number of nitro benzene ring substituents is 1. The van der Waals surface area contributed by atoms with Crippen LogP contribution in [0.25, 0.3) is 10.8 Å². The van der Waals surface area contributed by atoms with E-state index in [1.165, 1.54) is 0 Å². The number of carbonyl (C=O) groups is 2. The molecule has 3 rings (SSSR count). The Morgan fingerprint density at radius 3 is 1.78 bits per heavy atom. The molecule has 0 heterocycles. The summed E-state index contributed by atoms with van der Waals surface area (Å²) >= 11 is 0. The standard InChI is InChI=1S/C19H15N3O13S3.3Na.3H/c1-9(23)20-15-5-4-12-14(7-11(36(27,28)29)8-17(12)38(33,34)35)18(15)21-19(24)13-3-2-10(22(25)26)6-16(13)37(30,31)32;;;;;;/h2-8H,1H3,(H,20,23)(H,21,24)(H,27,28,29)(H,30,31,32)(H,33,34,35);;;;;;. The molecule has 0 saturated heterocycles. The van der Waals surface area contributed by atoms with Gasteiger partial charge < -0.3 is 10.6 Å². The molecule has 0 unspecified atom stereocenters. The molecule has 0 bridgehead atoms. The van der Waals surface area contributed by atoms with Gasteiger partial charge in [-0.15, -0.1) is 0 Å². The van der Waals surface area contributed by atoms with E-state index in [1.54, 1.807) is 0 Å². The number of anilines is 2. The van der Waals surface area contributed by atoms with E-state index in [-0.39, 0.29) is 94.4 Å². The zero-order valence-electron chi connectivity index (χ0n) is 18.6. The minimum atomic E-state index is -5.21. The predicted molar refractivity (Wildman–Crippen MR) is 150 cm³/mol. The number of nitrogens with zero attached hydrogens (tertiary/aromatic N) is 1. The van der Waals surface area contributed by atoms with Crippen molar-refractivity contribution < 1.29 is 53.4 Å². The maximum absolute atomic E-state index is 13.1. The van der Waals surface area contributed by atoms with Crippen LogP contribution in [0.4, 0.5) is 17.1 Å². The number of nitrogens with one attached hydrogen (secondary N) is 2. The molecular weight excluding hydrogens is 643 g/mol. The van der Waals surface area contributed by atoms with Crippen LogP contribution in [-0.2, 0) is 35.1 Å². The summed E-state index contributed by atoms with van der Waals surface area (Å²) in [7, 11) is -15.4. The summed E-state index contributed by atoms with van der Waals surface area (Å²) in [5, 5.41) is 14.6. The Bertz CT molecular complexity index is 1880. The number of hydrogen-bond donors (Lipinski definition) is 5. The van der Waals surface area contributed by atoms with Crippen molar-refractivity contribution in [3.05, 3.63) is 58.1 Å². The Morgan fingerprint density at radius 1 is 0.756 bits per heavy atom. The van der Waals surface area contributed by atoms with Gasteiger partial charge in [-0.25, -0.2) is 0 Å². The fourth-order valence-corrected chi connectivity index (χ4v) is 5.42. The van der Waals surface area contributed by atoms with E-state index in [1.807, 2.05) is 0 Å². The molecule has 41 heavy (non-hydrogen) atoms. The van der Waals surface area contributed by atoms with Gasteiger partial charge >= 0.3 is 88.7 Å². The summed E-state index contributed by atoms with van der Waals surface area (Å²) in [5.74, 6) is -2.09. The van der Waals surface area contributed by atoms with Gasteiger partial charge in [0.2, 0.25) is 5.91 Å². The molecule has 208 valence electrons. The van der Waals surface area contributed by atoms with E-state index >= 15 is 0 Å². The molecule has 5 N–H and O–H groups in total. The van der Waals surface area contributed by atoms with Crippen LogP contribution in [0.3, 0.4) is 0 Å². The number of nitro groups is 1. The van der Waals surface area contributed by atoms with Crippen LogP contribution in [0.5, 0.6) is 0 Å². The van der Waals surface area contributed by atoms with E-state index in [9.17, 15) is 58.6 Å². The number of non-ortho nitro benzene ring substituents is 1. The summed E-state index contributed by atoms with van der Waals surface area (Å²) in [5.41, 5.74) is -2.43. The second kappa shape index (κ2) is 14.6. The first-order valence-corrected chi connectivity index (χ1v) is 14.0. The Kier molecular flexibility index (Phi) is 14.3. The molecule has 3 aromatic carbocycles. The summed E-state index contributed by atoms with van der Waals surface area (Å²) < 4.78 is 99.8. The Hall–Kier alpha value is -1.01. The molecule has 0 aliphatic heterocycles. The molecule has 0 fully saturated rings. The third-order valence-electron chi connectivity index (χ3n) is 4.89. The SMILES string of the molecule is CC(=O)Nc1ccc2c(S(=O)(=O)O)cc(S(=O)(=O)O)cc2c1NC(=O)c1ccc([N+](=O)[O-])cc1S(=O)(=O)O.[NaH].[NaH].[NaH]. The molecule has 3 aromatic rings. The van der Waals surface area contributed by atoms with Crippen LogP contribution < -0.4 is 10.6 Å². The Morgan fingerprint density at radius 2 is 1.32 bits per heavy atom. The third-order valence-corrected chi connectivity index (χ3v) is 7.51. The zero-order chi connectivity index (χ0) is 28.8. The summed E-state index contributed by atoms with van der Waals surface area (Å²) in [6.45, 7) is 1.04. The van der Waals surface area contributed by atoms with Gasteiger partial charge in [0.1, 0.15) is 9.79 Å². The number of rotatable bonds is 7. The van der Waals surface area contributed by atoms with Crippen LogP contribution in [0, 0.1) is 10.1 Å². The molecule has 0 aromatic heterocycles. The van der Waals surface area contributed by atoms with Gasteiger partial charge in [0.25, 0.3) is 41.9 Å². The van der Waals surface area contributed by atoms with Gasteiger partial charge in [0.15, 0.2) is 0 Å². The number of amides is 2. The van der Waals surface area contributed by atoms with E-state index in [2.05, 4.69) is 10.6 Å². The molecule has 22 heteroatoms. The maximum atomic E-state index is 13.1. The van der Waals surface area contributed by atoms with Gasteiger partial charge in [0.05, 0.1) is 26.8 Å². The van der Waals surface area contributed by atoms with Crippen molar-refractivity contribution in [1.82, 2.24) is 0 Å². The molecule has 0 aliphatic rings.